The molecular weight excluding hydrogens is 338 g/mol. The first-order valence-electron chi connectivity index (χ1n) is 9.90. The van der Waals surface area contributed by atoms with E-state index in [1.54, 1.807) is 6.20 Å². The summed E-state index contributed by atoms with van der Waals surface area (Å²) in [5, 5.41) is 10.9. The number of aryl methyl sites for hydroxylation is 2. The highest BCUT2D eigenvalue weighted by molar-refractivity contribution is 6.04. The summed E-state index contributed by atoms with van der Waals surface area (Å²) in [4.78, 5) is 20.3. The van der Waals surface area contributed by atoms with E-state index < -0.39 is 0 Å². The summed E-state index contributed by atoms with van der Waals surface area (Å²) >= 11 is 0. The molecule has 3 aromatic heterocycles. The number of amides is 1. The molecule has 0 bridgehead atoms. The summed E-state index contributed by atoms with van der Waals surface area (Å²) in [6.45, 7) is 3.79. The third-order valence-electron chi connectivity index (χ3n) is 5.80. The van der Waals surface area contributed by atoms with Crippen molar-refractivity contribution in [2.24, 2.45) is 5.92 Å². The van der Waals surface area contributed by atoms with Gasteiger partial charge in [-0.25, -0.2) is 4.98 Å². The van der Waals surface area contributed by atoms with Gasteiger partial charge in [-0.05, 0) is 44.7 Å². The van der Waals surface area contributed by atoms with Crippen LogP contribution in [0.25, 0.3) is 11.0 Å². The van der Waals surface area contributed by atoms with Crippen LogP contribution in [0, 0.1) is 19.8 Å². The molecule has 0 aliphatic heterocycles. The second kappa shape index (κ2) is 7.55. The molecule has 0 unspecified atom stereocenters. The highest BCUT2D eigenvalue weighted by Crippen LogP contribution is 2.28. The number of hydrogen-bond acceptors (Lipinski definition) is 3. The topological polar surface area (TPSA) is 86.5 Å². The van der Waals surface area contributed by atoms with Crippen molar-refractivity contribution in [3.63, 3.8) is 0 Å². The van der Waals surface area contributed by atoms with Gasteiger partial charge in [-0.3, -0.25) is 9.89 Å². The fourth-order valence-corrected chi connectivity index (χ4v) is 4.01. The average molecular weight is 365 g/mol. The van der Waals surface area contributed by atoms with Crippen molar-refractivity contribution < 1.29 is 4.79 Å². The van der Waals surface area contributed by atoms with Crippen LogP contribution in [0.3, 0.4) is 0 Å². The van der Waals surface area contributed by atoms with E-state index in [1.165, 1.54) is 44.2 Å². The van der Waals surface area contributed by atoms with Crippen molar-refractivity contribution in [3.8, 4) is 0 Å². The van der Waals surface area contributed by atoms with Crippen molar-refractivity contribution in [1.82, 2.24) is 20.2 Å². The maximum Gasteiger partial charge on any atom is 0.276 e. The van der Waals surface area contributed by atoms with Crippen LogP contribution in [0.15, 0.2) is 18.3 Å². The standard InChI is InChI=1S/C21H27N5O/c1-13-14(2)25-26-19(13)21(27)24-18-11-16-10-17(23-20(16)22-12-18)9-8-15-6-4-3-5-7-15/h10-12,15H,3-9H2,1-2H3,(H,22,23)(H,24,27)(H,25,26). The first-order valence-corrected chi connectivity index (χ1v) is 9.90. The number of carbonyl (C=O) groups excluding carboxylic acids is 1. The summed E-state index contributed by atoms with van der Waals surface area (Å²) in [5.41, 5.74) is 4.99. The zero-order valence-corrected chi connectivity index (χ0v) is 16.1. The van der Waals surface area contributed by atoms with Gasteiger partial charge in [-0.1, -0.05) is 32.1 Å². The molecule has 3 aromatic rings. The molecule has 1 fully saturated rings. The van der Waals surface area contributed by atoms with Crippen LogP contribution in [-0.2, 0) is 6.42 Å². The molecule has 27 heavy (non-hydrogen) atoms. The van der Waals surface area contributed by atoms with E-state index >= 15 is 0 Å². The van der Waals surface area contributed by atoms with Crippen molar-refractivity contribution in [2.75, 3.05) is 5.32 Å². The Morgan fingerprint density at radius 2 is 2.04 bits per heavy atom. The molecule has 1 aliphatic rings. The third-order valence-corrected chi connectivity index (χ3v) is 5.80. The monoisotopic (exact) mass is 365 g/mol. The van der Waals surface area contributed by atoms with Crippen LogP contribution < -0.4 is 5.32 Å². The number of pyridine rings is 1. The van der Waals surface area contributed by atoms with E-state index in [4.69, 9.17) is 0 Å². The lowest BCUT2D eigenvalue weighted by atomic mass is 9.86. The normalized spacial score (nSPS) is 15.3. The number of H-pyrrole nitrogens is 2. The number of anilines is 1. The van der Waals surface area contributed by atoms with E-state index in [9.17, 15) is 4.79 Å². The van der Waals surface area contributed by atoms with E-state index in [2.05, 4.69) is 31.5 Å². The Morgan fingerprint density at radius 1 is 1.22 bits per heavy atom. The van der Waals surface area contributed by atoms with E-state index in [0.29, 0.717) is 11.4 Å². The molecule has 6 heteroatoms. The molecule has 1 amide bonds. The number of rotatable bonds is 5. The lowest BCUT2D eigenvalue weighted by Gasteiger charge is -2.20. The summed E-state index contributed by atoms with van der Waals surface area (Å²) in [5.74, 6) is 0.652. The lowest BCUT2D eigenvalue weighted by Crippen LogP contribution is -2.13. The summed E-state index contributed by atoms with van der Waals surface area (Å²) < 4.78 is 0. The van der Waals surface area contributed by atoms with Crippen molar-refractivity contribution in [2.45, 2.75) is 58.8 Å². The molecule has 1 saturated carbocycles. The van der Waals surface area contributed by atoms with E-state index in [0.717, 1.165) is 34.6 Å². The van der Waals surface area contributed by atoms with Gasteiger partial charge in [0.25, 0.3) is 5.91 Å². The molecule has 0 spiro atoms. The fraction of sp³-hybridized carbons (Fsp3) is 0.476. The van der Waals surface area contributed by atoms with Gasteiger partial charge in [0, 0.05) is 22.3 Å². The lowest BCUT2D eigenvalue weighted by molar-refractivity contribution is 0.102. The van der Waals surface area contributed by atoms with E-state index in [-0.39, 0.29) is 5.91 Å². The van der Waals surface area contributed by atoms with E-state index in [1.807, 2.05) is 19.9 Å². The second-order valence-electron chi connectivity index (χ2n) is 7.78. The van der Waals surface area contributed by atoms with Crippen LogP contribution in [0.4, 0.5) is 5.69 Å². The first kappa shape index (κ1) is 17.8. The fourth-order valence-electron chi connectivity index (χ4n) is 4.01. The van der Waals surface area contributed by atoms with Gasteiger partial charge >= 0.3 is 0 Å². The minimum absolute atomic E-state index is 0.217. The summed E-state index contributed by atoms with van der Waals surface area (Å²) in [7, 11) is 0. The minimum atomic E-state index is -0.217. The molecule has 3 N–H and O–H groups in total. The predicted molar refractivity (Wildman–Crippen MR) is 107 cm³/mol. The van der Waals surface area contributed by atoms with Crippen molar-refractivity contribution in [3.05, 3.63) is 41.0 Å². The Hall–Kier alpha value is -2.63. The molecular formula is C21H27N5O. The second-order valence-corrected chi connectivity index (χ2v) is 7.78. The zero-order chi connectivity index (χ0) is 18.8. The number of aromatic amines is 2. The Kier molecular flexibility index (Phi) is 4.97. The third kappa shape index (κ3) is 3.89. The number of hydrogen-bond donors (Lipinski definition) is 3. The highest BCUT2D eigenvalue weighted by atomic mass is 16.1. The maximum atomic E-state index is 12.4. The Morgan fingerprint density at radius 3 is 2.78 bits per heavy atom. The number of nitrogens with zero attached hydrogens (tertiary/aromatic N) is 2. The number of fused-ring (bicyclic) bond motifs is 1. The minimum Gasteiger partial charge on any atom is -0.343 e. The SMILES string of the molecule is Cc1[nH]nc(C(=O)Nc2cnc3[nH]c(CCC4CCCCC4)cc3c2)c1C. The molecule has 0 atom stereocenters. The van der Waals surface area contributed by atoms with Gasteiger partial charge in [0.1, 0.15) is 5.65 Å². The number of carbonyl (C=O) groups is 1. The van der Waals surface area contributed by atoms with Crippen LogP contribution in [0.1, 0.15) is 66.0 Å². The van der Waals surface area contributed by atoms with Crippen LogP contribution >= 0.6 is 0 Å². The van der Waals surface area contributed by atoms with Crippen LogP contribution in [0.2, 0.25) is 0 Å². The van der Waals surface area contributed by atoms with Crippen LogP contribution in [-0.4, -0.2) is 26.1 Å². The van der Waals surface area contributed by atoms with Crippen molar-refractivity contribution >= 4 is 22.6 Å². The van der Waals surface area contributed by atoms with Gasteiger partial charge in [-0.15, -0.1) is 0 Å². The van der Waals surface area contributed by atoms with Gasteiger partial charge in [-0.2, -0.15) is 5.10 Å². The maximum absolute atomic E-state index is 12.4. The molecule has 1 aliphatic carbocycles. The molecule has 0 radical (unpaired) electrons. The summed E-state index contributed by atoms with van der Waals surface area (Å²) in [6, 6.07) is 4.13. The Bertz CT molecular complexity index is 949. The number of aromatic nitrogens is 4. The predicted octanol–water partition coefficient (Wildman–Crippen LogP) is 4.67. The molecule has 142 valence electrons. The molecule has 6 nitrogen and oxygen atoms in total. The number of nitrogens with one attached hydrogen (secondary N) is 3. The molecule has 3 heterocycles. The Labute approximate surface area is 159 Å². The molecule has 4 rings (SSSR count). The smallest absolute Gasteiger partial charge is 0.276 e. The highest BCUT2D eigenvalue weighted by Gasteiger charge is 2.16. The van der Waals surface area contributed by atoms with Crippen LogP contribution in [0.5, 0.6) is 0 Å². The first-order chi connectivity index (χ1) is 13.1. The summed E-state index contributed by atoms with van der Waals surface area (Å²) in [6.07, 6.45) is 10.9. The molecule has 0 aromatic carbocycles. The van der Waals surface area contributed by atoms with Gasteiger partial charge in [0.2, 0.25) is 0 Å². The molecule has 0 saturated heterocycles. The average Bonchev–Trinajstić information content (AvgIpc) is 3.23. The zero-order valence-electron chi connectivity index (χ0n) is 16.1. The van der Waals surface area contributed by atoms with Gasteiger partial charge in [0.15, 0.2) is 5.69 Å². The largest absolute Gasteiger partial charge is 0.343 e. The van der Waals surface area contributed by atoms with Gasteiger partial charge < -0.3 is 10.3 Å². The van der Waals surface area contributed by atoms with Gasteiger partial charge in [0.05, 0.1) is 11.9 Å². The Balaban J connectivity index is 1.44. The van der Waals surface area contributed by atoms with Crippen molar-refractivity contribution in [1.29, 1.82) is 0 Å². The quantitative estimate of drug-likeness (QED) is 0.614.